The Morgan fingerprint density at radius 1 is 1.16 bits per heavy atom. The molecule has 1 fully saturated rings. The van der Waals surface area contributed by atoms with Crippen molar-refractivity contribution in [3.05, 3.63) is 52.6 Å². The average molecular weight is 468 g/mol. The summed E-state index contributed by atoms with van der Waals surface area (Å²) in [5.74, 6) is 0.483. The van der Waals surface area contributed by atoms with Crippen molar-refractivity contribution in [3.8, 4) is 11.1 Å². The Morgan fingerprint density at radius 3 is 2.38 bits per heavy atom. The third kappa shape index (κ3) is 3.41. The first-order valence-electron chi connectivity index (χ1n) is 10.1. The Labute approximate surface area is 184 Å². The van der Waals surface area contributed by atoms with Crippen LogP contribution in [0.2, 0.25) is 0 Å². The van der Waals surface area contributed by atoms with Gasteiger partial charge in [0.05, 0.1) is 11.4 Å². The first-order valence-corrected chi connectivity index (χ1v) is 11.5. The van der Waals surface area contributed by atoms with Gasteiger partial charge in [-0.1, -0.05) is 18.2 Å². The lowest BCUT2D eigenvalue weighted by molar-refractivity contribution is -0.295. The van der Waals surface area contributed by atoms with E-state index < -0.39 is 40.7 Å². The average Bonchev–Trinajstić information content (AvgIpc) is 3.06. The minimum absolute atomic E-state index is 0.0106. The maximum Gasteiger partial charge on any atom is 0.417 e. The van der Waals surface area contributed by atoms with Gasteiger partial charge in [-0.3, -0.25) is 4.99 Å². The number of hydrogen-bond donors (Lipinski definition) is 2. The van der Waals surface area contributed by atoms with Crippen molar-refractivity contribution in [1.29, 1.82) is 0 Å². The molecule has 0 saturated heterocycles. The van der Waals surface area contributed by atoms with E-state index in [1.54, 1.807) is 13.0 Å². The number of aryl methyl sites for hydroxylation is 1. The first-order chi connectivity index (χ1) is 14.8. The van der Waals surface area contributed by atoms with Gasteiger partial charge in [0, 0.05) is 31.5 Å². The maximum atomic E-state index is 13.0. The Bertz CT molecular complexity index is 1230. The molecule has 2 aromatic carbocycles. The van der Waals surface area contributed by atoms with Crippen LogP contribution in [-0.4, -0.2) is 48.5 Å². The fourth-order valence-corrected chi connectivity index (χ4v) is 5.91. The highest BCUT2D eigenvalue weighted by molar-refractivity contribution is 7.89. The topological polar surface area (TPSA) is 96.0 Å². The van der Waals surface area contributed by atoms with Crippen molar-refractivity contribution >= 4 is 15.9 Å². The van der Waals surface area contributed by atoms with Crippen LogP contribution in [0.3, 0.4) is 0 Å². The van der Waals surface area contributed by atoms with E-state index in [1.807, 2.05) is 19.1 Å². The largest absolute Gasteiger partial charge is 0.417 e. The zero-order valence-corrected chi connectivity index (χ0v) is 18.7. The predicted octanol–water partition coefficient (Wildman–Crippen LogP) is 3.27. The molecule has 172 valence electrons. The van der Waals surface area contributed by atoms with E-state index in [0.717, 1.165) is 32.1 Å². The molecule has 0 aromatic heterocycles. The molecule has 32 heavy (non-hydrogen) atoms. The third-order valence-corrected chi connectivity index (χ3v) is 8.49. The van der Waals surface area contributed by atoms with Crippen molar-refractivity contribution in [2.75, 3.05) is 7.05 Å². The van der Waals surface area contributed by atoms with Crippen molar-refractivity contribution < 1.29 is 26.7 Å². The molecule has 1 aliphatic carbocycles. The number of aliphatic imine (C=N–C) groups is 1. The van der Waals surface area contributed by atoms with Crippen LogP contribution in [0.4, 0.5) is 13.2 Å². The van der Waals surface area contributed by atoms with Gasteiger partial charge >= 0.3 is 6.18 Å². The number of nitrogens with zero attached hydrogens (tertiary/aromatic N) is 2. The molecule has 0 spiro atoms. The smallest absolute Gasteiger partial charge is 0.383 e. The monoisotopic (exact) mass is 467 g/mol. The van der Waals surface area contributed by atoms with Gasteiger partial charge in [0.1, 0.15) is 5.84 Å². The second kappa shape index (κ2) is 7.29. The van der Waals surface area contributed by atoms with Crippen LogP contribution in [0.5, 0.6) is 0 Å². The molecule has 2 aliphatic rings. The molecule has 3 N–H and O–H groups in total. The number of aliphatic hydroxyl groups is 1. The van der Waals surface area contributed by atoms with Gasteiger partial charge in [-0.2, -0.15) is 17.5 Å². The van der Waals surface area contributed by atoms with Gasteiger partial charge < -0.3 is 10.8 Å². The molecule has 0 atom stereocenters. The molecule has 0 unspecified atom stereocenters. The summed E-state index contributed by atoms with van der Waals surface area (Å²) in [5.41, 5.74) is 8.53. The van der Waals surface area contributed by atoms with Crippen LogP contribution in [-0.2, 0) is 16.6 Å². The van der Waals surface area contributed by atoms with Crippen molar-refractivity contribution in [2.24, 2.45) is 10.7 Å². The highest BCUT2D eigenvalue weighted by Gasteiger charge is 2.62. The molecule has 1 saturated carbocycles. The number of nitrogens with two attached hydrogens (primary N) is 1. The normalized spacial score (nSPS) is 23.1. The number of sulfonamides is 1. The molecule has 0 bridgehead atoms. The zero-order chi connectivity index (χ0) is 23.6. The van der Waals surface area contributed by atoms with Crippen LogP contribution < -0.4 is 5.73 Å². The molecule has 0 amide bonds. The SMILES string of the molecule is Cc1cc(S(=O)(=O)N(C)C2CC(O)(C(F)(F)F)C2)ccc1-c1ccc2c(c1C)C(N)=NC2. The fraction of sp³-hybridized carbons (Fsp3) is 0.409. The van der Waals surface area contributed by atoms with Crippen LogP contribution in [0.15, 0.2) is 40.2 Å². The van der Waals surface area contributed by atoms with Gasteiger partial charge in [-0.15, -0.1) is 0 Å². The van der Waals surface area contributed by atoms with E-state index in [0.29, 0.717) is 17.9 Å². The summed E-state index contributed by atoms with van der Waals surface area (Å²) in [6.07, 6.45) is -6.14. The standard InChI is InChI=1S/C22H24F3N3O3S/c1-12-8-16(32(30,31)28(3)15-9-21(29,10-15)22(23,24)25)5-7-17(12)18-6-4-14-11-27-20(26)19(14)13(18)2/h4-8,15,29H,9-11H2,1-3H3,(H2,26,27). The summed E-state index contributed by atoms with van der Waals surface area (Å²) in [5, 5.41) is 9.66. The van der Waals surface area contributed by atoms with Crippen molar-refractivity contribution in [2.45, 2.75) is 55.9 Å². The Kier molecular flexibility index (Phi) is 5.19. The van der Waals surface area contributed by atoms with Crippen molar-refractivity contribution in [3.63, 3.8) is 0 Å². The summed E-state index contributed by atoms with van der Waals surface area (Å²) in [7, 11) is -2.79. The molecule has 10 heteroatoms. The van der Waals surface area contributed by atoms with Gasteiger partial charge in [0.2, 0.25) is 10.0 Å². The van der Waals surface area contributed by atoms with E-state index in [4.69, 9.17) is 5.73 Å². The highest BCUT2D eigenvalue weighted by Crippen LogP contribution is 2.47. The summed E-state index contributed by atoms with van der Waals surface area (Å²) in [6.45, 7) is 4.26. The van der Waals surface area contributed by atoms with E-state index in [-0.39, 0.29) is 4.90 Å². The number of rotatable bonds is 4. The minimum Gasteiger partial charge on any atom is -0.383 e. The lowest BCUT2D eigenvalue weighted by atomic mass is 9.75. The molecule has 1 heterocycles. The molecule has 1 aliphatic heterocycles. The summed E-state index contributed by atoms with van der Waals surface area (Å²) in [4.78, 5) is 4.25. The van der Waals surface area contributed by atoms with E-state index in [9.17, 15) is 26.7 Å². The lowest BCUT2D eigenvalue weighted by Crippen LogP contribution is -2.62. The van der Waals surface area contributed by atoms with E-state index in [2.05, 4.69) is 4.99 Å². The molecule has 2 aromatic rings. The lowest BCUT2D eigenvalue weighted by Gasteiger charge is -2.47. The number of amidine groups is 1. The van der Waals surface area contributed by atoms with Crippen molar-refractivity contribution in [1.82, 2.24) is 4.31 Å². The van der Waals surface area contributed by atoms with Gasteiger partial charge in [0.15, 0.2) is 5.60 Å². The van der Waals surface area contributed by atoms with Gasteiger partial charge in [-0.25, -0.2) is 8.42 Å². The van der Waals surface area contributed by atoms with Crippen LogP contribution in [0.1, 0.15) is 35.1 Å². The summed E-state index contributed by atoms with van der Waals surface area (Å²) >= 11 is 0. The van der Waals surface area contributed by atoms with Crippen LogP contribution in [0.25, 0.3) is 11.1 Å². The maximum absolute atomic E-state index is 13.0. The number of fused-ring (bicyclic) bond motifs is 1. The fourth-order valence-electron chi connectivity index (χ4n) is 4.47. The number of benzene rings is 2. The van der Waals surface area contributed by atoms with Gasteiger partial charge in [-0.05, 0) is 53.8 Å². The third-order valence-electron chi connectivity index (χ3n) is 6.58. The van der Waals surface area contributed by atoms with Gasteiger partial charge in [0.25, 0.3) is 0 Å². The van der Waals surface area contributed by atoms with Crippen LogP contribution >= 0.6 is 0 Å². The molecular formula is C22H24F3N3O3S. The zero-order valence-electron chi connectivity index (χ0n) is 17.9. The highest BCUT2D eigenvalue weighted by atomic mass is 32.2. The predicted molar refractivity (Wildman–Crippen MR) is 115 cm³/mol. The number of halogens is 3. The molecular weight excluding hydrogens is 443 g/mol. The quantitative estimate of drug-likeness (QED) is 0.722. The van der Waals surface area contributed by atoms with E-state index in [1.165, 1.54) is 19.2 Å². The summed E-state index contributed by atoms with van der Waals surface area (Å²) in [6, 6.07) is 7.65. The molecule has 4 rings (SSSR count). The molecule has 6 nitrogen and oxygen atoms in total. The number of alkyl halides is 3. The molecule has 0 radical (unpaired) electrons. The minimum atomic E-state index is -4.78. The second-order valence-corrected chi connectivity index (χ2v) is 10.6. The Hall–Kier alpha value is -2.43. The number of hydrogen-bond acceptors (Lipinski definition) is 5. The Balaban J connectivity index is 1.62. The Morgan fingerprint density at radius 2 is 1.78 bits per heavy atom. The first kappa shape index (κ1) is 22.8. The summed E-state index contributed by atoms with van der Waals surface area (Å²) < 4.78 is 65.7. The van der Waals surface area contributed by atoms with E-state index >= 15 is 0 Å². The second-order valence-electron chi connectivity index (χ2n) is 8.56. The van der Waals surface area contributed by atoms with Crippen LogP contribution in [0, 0.1) is 13.8 Å².